The van der Waals surface area contributed by atoms with E-state index in [0.717, 1.165) is 0 Å². The van der Waals surface area contributed by atoms with Crippen LogP contribution in [0.15, 0.2) is 0 Å². The number of rotatable bonds is 6. The van der Waals surface area contributed by atoms with Crippen molar-refractivity contribution in [3.8, 4) is 0 Å². The minimum absolute atomic E-state index is 0.0591. The predicted molar refractivity (Wildman–Crippen MR) is 73.1 cm³/mol. The van der Waals surface area contributed by atoms with E-state index in [1.165, 1.54) is 0 Å². The van der Waals surface area contributed by atoms with E-state index >= 15 is 0 Å². The van der Waals surface area contributed by atoms with Gasteiger partial charge in [-0.1, -0.05) is 27.7 Å². The Morgan fingerprint density at radius 1 is 0.944 bits per heavy atom. The molecule has 5 nitrogen and oxygen atoms in total. The number of likely N-dealkylation sites (N-methyl/N-ethyl adjacent to an activating group) is 2. The van der Waals surface area contributed by atoms with E-state index in [9.17, 15) is 9.59 Å². The van der Waals surface area contributed by atoms with Crippen LogP contribution >= 0.6 is 0 Å². The highest BCUT2D eigenvalue weighted by Crippen LogP contribution is 2.09. The van der Waals surface area contributed by atoms with Crippen LogP contribution in [0.4, 0.5) is 0 Å². The molecule has 0 rings (SSSR count). The van der Waals surface area contributed by atoms with Crippen LogP contribution in [-0.4, -0.2) is 49.9 Å². The number of hydrogen-bond donors (Lipinski definition) is 2. The second-order valence-electron chi connectivity index (χ2n) is 5.50. The molecule has 0 bridgehead atoms. The van der Waals surface area contributed by atoms with Crippen LogP contribution in [-0.2, 0) is 9.59 Å². The Bertz CT molecular complexity index is 280. The number of amides is 2. The summed E-state index contributed by atoms with van der Waals surface area (Å²) in [6.45, 7) is 7.82. The molecule has 0 saturated carbocycles. The number of carbonyl (C=O) groups is 2. The summed E-state index contributed by atoms with van der Waals surface area (Å²) in [5.41, 5.74) is 0. The van der Waals surface area contributed by atoms with Gasteiger partial charge >= 0.3 is 0 Å². The Kier molecular flexibility index (Phi) is 6.91. The monoisotopic (exact) mass is 257 g/mol. The van der Waals surface area contributed by atoms with Crippen molar-refractivity contribution < 1.29 is 9.59 Å². The lowest BCUT2D eigenvalue weighted by Gasteiger charge is -2.29. The topological polar surface area (TPSA) is 61.4 Å². The van der Waals surface area contributed by atoms with Gasteiger partial charge in [-0.25, -0.2) is 0 Å². The van der Waals surface area contributed by atoms with Gasteiger partial charge in [0.25, 0.3) is 0 Å². The molecule has 0 radical (unpaired) electrons. The summed E-state index contributed by atoms with van der Waals surface area (Å²) in [6.07, 6.45) is 0. The minimum Gasteiger partial charge on any atom is -0.357 e. The maximum absolute atomic E-state index is 12.2. The van der Waals surface area contributed by atoms with Gasteiger partial charge in [-0.2, -0.15) is 0 Å². The zero-order chi connectivity index (χ0) is 14.5. The molecule has 0 aromatic rings. The molecule has 0 aliphatic heterocycles. The van der Waals surface area contributed by atoms with Crippen molar-refractivity contribution in [1.29, 1.82) is 0 Å². The zero-order valence-corrected chi connectivity index (χ0v) is 12.6. The highest BCUT2D eigenvalue weighted by Gasteiger charge is 2.29. The Labute approximate surface area is 110 Å². The molecule has 0 aliphatic rings. The number of carbonyl (C=O) groups excluding carboxylic acids is 2. The Morgan fingerprint density at radius 3 is 1.72 bits per heavy atom. The van der Waals surface area contributed by atoms with E-state index in [1.807, 2.05) is 46.7 Å². The van der Waals surface area contributed by atoms with Crippen LogP contribution in [0.2, 0.25) is 0 Å². The molecular weight excluding hydrogens is 230 g/mol. The fraction of sp³-hybridized carbons (Fsp3) is 0.846. The van der Waals surface area contributed by atoms with E-state index < -0.39 is 6.04 Å². The van der Waals surface area contributed by atoms with Crippen LogP contribution in [0.1, 0.15) is 27.7 Å². The predicted octanol–water partition coefficient (Wildman–Crippen LogP) is 0.459. The molecule has 106 valence electrons. The van der Waals surface area contributed by atoms with Gasteiger partial charge in [0.15, 0.2) is 0 Å². The van der Waals surface area contributed by atoms with Gasteiger partial charge < -0.3 is 10.6 Å². The summed E-state index contributed by atoms with van der Waals surface area (Å²) in [5, 5.41) is 5.42. The van der Waals surface area contributed by atoms with Gasteiger partial charge in [0.2, 0.25) is 11.8 Å². The van der Waals surface area contributed by atoms with Crippen molar-refractivity contribution in [2.45, 2.75) is 39.8 Å². The molecule has 0 aromatic carbocycles. The molecule has 2 unspecified atom stereocenters. The van der Waals surface area contributed by atoms with Crippen molar-refractivity contribution in [2.24, 2.45) is 11.8 Å². The first-order valence-electron chi connectivity index (χ1n) is 6.40. The summed E-state index contributed by atoms with van der Waals surface area (Å²) in [6, 6.07) is -0.709. The molecule has 2 N–H and O–H groups in total. The van der Waals surface area contributed by atoms with Crippen molar-refractivity contribution in [2.75, 3.05) is 21.1 Å². The second-order valence-corrected chi connectivity index (χ2v) is 5.50. The maximum Gasteiger partial charge on any atom is 0.242 e. The maximum atomic E-state index is 12.2. The van der Waals surface area contributed by atoms with Gasteiger partial charge in [-0.3, -0.25) is 14.5 Å². The van der Waals surface area contributed by atoms with Crippen LogP contribution in [0.3, 0.4) is 0 Å². The first-order valence-corrected chi connectivity index (χ1v) is 6.40. The molecule has 0 heterocycles. The standard InChI is InChI=1S/C13H27N3O2/c1-8(2)10(12(17)14-5)15-13(18)11(9(3)4)16(6)7/h8-11H,1-7H3,(H,14,17)(H,15,18). The van der Waals surface area contributed by atoms with E-state index in [1.54, 1.807) is 7.05 Å². The van der Waals surface area contributed by atoms with Crippen molar-refractivity contribution in [1.82, 2.24) is 15.5 Å². The average molecular weight is 257 g/mol. The second kappa shape index (κ2) is 7.36. The SMILES string of the molecule is CNC(=O)C(NC(=O)C(C(C)C)N(C)C)C(C)C. The summed E-state index contributed by atoms with van der Waals surface area (Å²) >= 11 is 0. The minimum atomic E-state index is -0.483. The van der Waals surface area contributed by atoms with E-state index in [-0.39, 0.29) is 29.7 Å². The van der Waals surface area contributed by atoms with Gasteiger partial charge in [-0.05, 0) is 25.9 Å². The average Bonchev–Trinajstić information content (AvgIpc) is 2.23. The van der Waals surface area contributed by atoms with Crippen molar-refractivity contribution in [3.05, 3.63) is 0 Å². The van der Waals surface area contributed by atoms with Crippen LogP contribution in [0.5, 0.6) is 0 Å². The summed E-state index contributed by atoms with van der Waals surface area (Å²) < 4.78 is 0. The van der Waals surface area contributed by atoms with Crippen molar-refractivity contribution in [3.63, 3.8) is 0 Å². The Morgan fingerprint density at radius 2 is 1.44 bits per heavy atom. The first kappa shape index (κ1) is 16.9. The normalized spacial score (nSPS) is 14.8. The van der Waals surface area contributed by atoms with Crippen LogP contribution < -0.4 is 10.6 Å². The molecule has 0 spiro atoms. The fourth-order valence-electron chi connectivity index (χ4n) is 2.06. The highest BCUT2D eigenvalue weighted by molar-refractivity contribution is 5.89. The number of nitrogens with one attached hydrogen (secondary N) is 2. The molecule has 0 saturated heterocycles. The van der Waals surface area contributed by atoms with Gasteiger partial charge in [0.1, 0.15) is 6.04 Å². The van der Waals surface area contributed by atoms with Gasteiger partial charge in [0, 0.05) is 7.05 Å². The van der Waals surface area contributed by atoms with Crippen molar-refractivity contribution >= 4 is 11.8 Å². The quantitative estimate of drug-likeness (QED) is 0.726. The molecule has 2 amide bonds. The highest BCUT2D eigenvalue weighted by atomic mass is 16.2. The summed E-state index contributed by atoms with van der Waals surface area (Å²) in [5.74, 6) is -0.00159. The van der Waals surface area contributed by atoms with Gasteiger partial charge in [0.05, 0.1) is 6.04 Å². The number of nitrogens with zero attached hydrogens (tertiary/aromatic N) is 1. The molecule has 2 atom stereocenters. The first-order chi connectivity index (χ1) is 8.22. The molecule has 18 heavy (non-hydrogen) atoms. The third-order valence-electron chi connectivity index (χ3n) is 2.95. The van der Waals surface area contributed by atoms with E-state index in [2.05, 4.69) is 10.6 Å². The van der Waals surface area contributed by atoms with Gasteiger partial charge in [-0.15, -0.1) is 0 Å². The molecular formula is C13H27N3O2. The lowest BCUT2D eigenvalue weighted by Crippen LogP contribution is -2.55. The lowest BCUT2D eigenvalue weighted by atomic mass is 9.99. The molecule has 0 fully saturated rings. The summed E-state index contributed by atoms with van der Waals surface area (Å²) in [4.78, 5) is 25.8. The summed E-state index contributed by atoms with van der Waals surface area (Å²) in [7, 11) is 5.32. The number of hydrogen-bond acceptors (Lipinski definition) is 3. The Balaban J connectivity index is 4.82. The molecule has 0 aliphatic carbocycles. The Hall–Kier alpha value is -1.10. The largest absolute Gasteiger partial charge is 0.357 e. The molecule has 5 heteroatoms. The smallest absolute Gasteiger partial charge is 0.242 e. The lowest BCUT2D eigenvalue weighted by molar-refractivity contribution is -0.133. The third-order valence-corrected chi connectivity index (χ3v) is 2.95. The van der Waals surface area contributed by atoms with Crippen LogP contribution in [0, 0.1) is 11.8 Å². The van der Waals surface area contributed by atoms with E-state index in [0.29, 0.717) is 0 Å². The zero-order valence-electron chi connectivity index (χ0n) is 12.6. The molecule has 0 aromatic heterocycles. The third kappa shape index (κ3) is 4.64. The van der Waals surface area contributed by atoms with E-state index in [4.69, 9.17) is 0 Å². The fourth-order valence-corrected chi connectivity index (χ4v) is 2.06. The van der Waals surface area contributed by atoms with Crippen LogP contribution in [0.25, 0.3) is 0 Å².